The van der Waals surface area contributed by atoms with Crippen molar-refractivity contribution in [1.82, 2.24) is 4.57 Å². The molecule has 2 aromatic rings. The summed E-state index contributed by atoms with van der Waals surface area (Å²) >= 11 is 6.14. The maximum absolute atomic E-state index is 11.5. The van der Waals surface area contributed by atoms with Crippen molar-refractivity contribution in [3.8, 4) is 0 Å². The highest BCUT2D eigenvalue weighted by Crippen LogP contribution is 2.27. The van der Waals surface area contributed by atoms with Crippen molar-refractivity contribution in [1.29, 1.82) is 0 Å². The molecule has 1 heterocycles. The van der Waals surface area contributed by atoms with Crippen LogP contribution in [0.15, 0.2) is 24.4 Å². The van der Waals surface area contributed by atoms with Crippen molar-refractivity contribution < 1.29 is 9.53 Å². The number of para-hydroxylation sites is 1. The number of esters is 1. The molecule has 0 radical (unpaired) electrons. The van der Waals surface area contributed by atoms with Gasteiger partial charge in [-0.1, -0.05) is 23.7 Å². The number of nitrogens with zero attached hydrogens (tertiary/aromatic N) is 1. The molecule has 0 saturated carbocycles. The number of fused-ring (bicyclic) bond motifs is 1. The van der Waals surface area contributed by atoms with E-state index in [-0.39, 0.29) is 12.4 Å². The summed E-state index contributed by atoms with van der Waals surface area (Å²) in [4.78, 5) is 11.5. The van der Waals surface area contributed by atoms with Crippen LogP contribution in [0.25, 0.3) is 10.9 Å². The quantitative estimate of drug-likeness (QED) is 0.786. The van der Waals surface area contributed by atoms with E-state index in [0.717, 1.165) is 16.5 Å². The highest BCUT2D eigenvalue weighted by molar-refractivity contribution is 6.35. The lowest BCUT2D eigenvalue weighted by Gasteiger charge is -2.00. The maximum atomic E-state index is 11.5. The number of rotatable bonds is 3. The minimum absolute atomic E-state index is 0.208. The molecule has 1 aromatic carbocycles. The van der Waals surface area contributed by atoms with Gasteiger partial charge in [0, 0.05) is 18.6 Å². The van der Waals surface area contributed by atoms with Crippen LogP contribution in [0.3, 0.4) is 0 Å². The third-order valence-corrected chi connectivity index (χ3v) is 2.98. The standard InChI is InChI=1S/C13H14ClNO2/c1-3-17-12(16)7-9-8-15(2)13-10(9)5-4-6-11(13)14/h4-6,8H,3,7H2,1-2H3. The smallest absolute Gasteiger partial charge is 0.310 e. The summed E-state index contributed by atoms with van der Waals surface area (Å²) in [5.41, 5.74) is 1.90. The van der Waals surface area contributed by atoms with Gasteiger partial charge in [0.2, 0.25) is 0 Å². The second-order valence-corrected chi connectivity index (χ2v) is 4.29. The van der Waals surface area contributed by atoms with Gasteiger partial charge >= 0.3 is 5.97 Å². The van der Waals surface area contributed by atoms with E-state index in [0.29, 0.717) is 11.6 Å². The largest absolute Gasteiger partial charge is 0.466 e. The van der Waals surface area contributed by atoms with E-state index in [1.165, 1.54) is 0 Å². The Bertz CT molecular complexity index is 560. The Hall–Kier alpha value is -1.48. The Morgan fingerprint density at radius 1 is 1.47 bits per heavy atom. The monoisotopic (exact) mass is 251 g/mol. The maximum Gasteiger partial charge on any atom is 0.310 e. The summed E-state index contributed by atoms with van der Waals surface area (Å²) in [5, 5.41) is 1.70. The summed E-state index contributed by atoms with van der Waals surface area (Å²) in [6.45, 7) is 2.21. The molecule has 0 unspecified atom stereocenters. The first kappa shape index (κ1) is 12.0. The zero-order chi connectivity index (χ0) is 12.4. The van der Waals surface area contributed by atoms with E-state index in [2.05, 4.69) is 0 Å². The summed E-state index contributed by atoms with van der Waals surface area (Å²) in [7, 11) is 1.92. The van der Waals surface area contributed by atoms with E-state index in [9.17, 15) is 4.79 Å². The van der Waals surface area contributed by atoms with Crippen molar-refractivity contribution in [2.75, 3.05) is 6.61 Å². The molecule has 0 fully saturated rings. The van der Waals surface area contributed by atoms with Crippen molar-refractivity contribution >= 4 is 28.5 Å². The molecular formula is C13H14ClNO2. The molecule has 0 N–H and O–H groups in total. The highest BCUT2D eigenvalue weighted by Gasteiger charge is 2.12. The van der Waals surface area contributed by atoms with Crippen LogP contribution in [0.1, 0.15) is 12.5 Å². The van der Waals surface area contributed by atoms with Gasteiger partial charge in [0.25, 0.3) is 0 Å². The van der Waals surface area contributed by atoms with Crippen LogP contribution in [0, 0.1) is 0 Å². The predicted octanol–water partition coefficient (Wildman–Crippen LogP) is 2.94. The normalized spacial score (nSPS) is 10.8. The average molecular weight is 252 g/mol. The molecule has 0 saturated heterocycles. The van der Waals surface area contributed by atoms with Gasteiger partial charge in [-0.2, -0.15) is 0 Å². The first-order valence-electron chi connectivity index (χ1n) is 5.51. The number of aryl methyl sites for hydroxylation is 1. The molecule has 0 bridgehead atoms. The molecule has 17 heavy (non-hydrogen) atoms. The van der Waals surface area contributed by atoms with E-state index in [1.807, 2.05) is 36.0 Å². The molecule has 4 heteroatoms. The Morgan fingerprint density at radius 3 is 2.94 bits per heavy atom. The van der Waals surface area contributed by atoms with Crippen LogP contribution in [-0.2, 0) is 23.0 Å². The lowest BCUT2D eigenvalue weighted by Crippen LogP contribution is -2.07. The molecule has 90 valence electrons. The number of aromatic nitrogens is 1. The van der Waals surface area contributed by atoms with E-state index in [1.54, 1.807) is 6.92 Å². The average Bonchev–Trinajstić information content (AvgIpc) is 2.57. The predicted molar refractivity (Wildman–Crippen MR) is 68.3 cm³/mol. The zero-order valence-corrected chi connectivity index (χ0v) is 10.6. The molecular weight excluding hydrogens is 238 g/mol. The summed E-state index contributed by atoms with van der Waals surface area (Å²) in [6.07, 6.45) is 2.21. The number of benzene rings is 1. The number of halogens is 1. The number of carbonyl (C=O) groups excluding carboxylic acids is 1. The van der Waals surface area contributed by atoms with Crippen molar-refractivity contribution in [3.63, 3.8) is 0 Å². The molecule has 0 aliphatic rings. The van der Waals surface area contributed by atoms with Gasteiger partial charge in [0.1, 0.15) is 0 Å². The lowest BCUT2D eigenvalue weighted by molar-refractivity contribution is -0.142. The molecule has 0 atom stereocenters. The van der Waals surface area contributed by atoms with Crippen molar-refractivity contribution in [2.45, 2.75) is 13.3 Å². The van der Waals surface area contributed by atoms with Gasteiger partial charge in [0.05, 0.1) is 23.6 Å². The molecule has 1 aromatic heterocycles. The van der Waals surface area contributed by atoms with E-state index in [4.69, 9.17) is 16.3 Å². The second kappa shape index (κ2) is 4.80. The van der Waals surface area contributed by atoms with Gasteiger partial charge in [0.15, 0.2) is 0 Å². The van der Waals surface area contributed by atoms with Crippen LogP contribution >= 0.6 is 11.6 Å². The minimum Gasteiger partial charge on any atom is -0.466 e. The SMILES string of the molecule is CCOC(=O)Cc1cn(C)c2c(Cl)cccc12. The van der Waals surface area contributed by atoms with Crippen LogP contribution < -0.4 is 0 Å². The Labute approximate surface area is 105 Å². The fourth-order valence-electron chi connectivity index (χ4n) is 2.01. The van der Waals surface area contributed by atoms with Crippen LogP contribution in [0.5, 0.6) is 0 Å². The molecule has 0 aliphatic heterocycles. The van der Waals surface area contributed by atoms with Crippen LogP contribution in [-0.4, -0.2) is 17.1 Å². The summed E-state index contributed by atoms with van der Waals surface area (Å²) < 4.78 is 6.89. The second-order valence-electron chi connectivity index (χ2n) is 3.88. The van der Waals surface area contributed by atoms with E-state index < -0.39 is 0 Å². The third kappa shape index (κ3) is 2.29. The van der Waals surface area contributed by atoms with Gasteiger partial charge in [-0.25, -0.2) is 0 Å². The number of hydrogen-bond acceptors (Lipinski definition) is 2. The van der Waals surface area contributed by atoms with Gasteiger partial charge in [-0.05, 0) is 18.6 Å². The minimum atomic E-state index is -0.208. The first-order valence-corrected chi connectivity index (χ1v) is 5.89. The van der Waals surface area contributed by atoms with E-state index >= 15 is 0 Å². The summed E-state index contributed by atoms with van der Waals surface area (Å²) in [5.74, 6) is -0.208. The fourth-order valence-corrected chi connectivity index (χ4v) is 2.32. The topological polar surface area (TPSA) is 31.2 Å². The molecule has 0 spiro atoms. The lowest BCUT2D eigenvalue weighted by atomic mass is 10.1. The third-order valence-electron chi connectivity index (χ3n) is 2.68. The summed E-state index contributed by atoms with van der Waals surface area (Å²) in [6, 6.07) is 5.70. The van der Waals surface area contributed by atoms with Gasteiger partial charge in [-0.3, -0.25) is 4.79 Å². The number of carbonyl (C=O) groups is 1. The highest BCUT2D eigenvalue weighted by atomic mass is 35.5. The molecule has 2 rings (SSSR count). The molecule has 0 aliphatic carbocycles. The van der Waals surface area contributed by atoms with Crippen LogP contribution in [0.2, 0.25) is 5.02 Å². The zero-order valence-electron chi connectivity index (χ0n) is 9.87. The first-order chi connectivity index (χ1) is 8.13. The Balaban J connectivity index is 2.42. The molecule has 3 nitrogen and oxygen atoms in total. The number of hydrogen-bond donors (Lipinski definition) is 0. The Kier molecular flexibility index (Phi) is 3.38. The van der Waals surface area contributed by atoms with Crippen molar-refractivity contribution in [2.24, 2.45) is 7.05 Å². The van der Waals surface area contributed by atoms with Gasteiger partial charge in [-0.15, -0.1) is 0 Å². The fraction of sp³-hybridized carbons (Fsp3) is 0.308. The van der Waals surface area contributed by atoms with Crippen molar-refractivity contribution in [3.05, 3.63) is 35.0 Å². The van der Waals surface area contributed by atoms with Gasteiger partial charge < -0.3 is 9.30 Å². The number of ether oxygens (including phenoxy) is 1. The van der Waals surface area contributed by atoms with Crippen LogP contribution in [0.4, 0.5) is 0 Å². The Morgan fingerprint density at radius 2 is 2.24 bits per heavy atom. The molecule has 0 amide bonds.